The van der Waals surface area contributed by atoms with Crippen molar-refractivity contribution < 1.29 is 12.6 Å². The molecule has 0 saturated heterocycles. The predicted octanol–water partition coefficient (Wildman–Crippen LogP) is 3.17. The van der Waals surface area contributed by atoms with Crippen LogP contribution in [-0.2, 0) is 26.5 Å². The second-order valence-corrected chi connectivity index (χ2v) is 6.24. The summed E-state index contributed by atoms with van der Waals surface area (Å²) in [5, 5.41) is 0. The molecule has 2 aromatic carbocycles. The zero-order valence-corrected chi connectivity index (χ0v) is 12.1. The molecule has 0 heterocycles. The van der Waals surface area contributed by atoms with Crippen LogP contribution in [0.1, 0.15) is 17.5 Å². The Hall–Kier alpha value is -1.65. The average molecular weight is 290 g/mol. The molecule has 0 saturated carbocycles. The predicted molar refractivity (Wildman–Crippen MR) is 79.8 cm³/mol. The van der Waals surface area contributed by atoms with Crippen molar-refractivity contribution in [3.8, 4) is 0 Å². The smallest absolute Gasteiger partial charge is 0.270 e. The van der Waals surface area contributed by atoms with E-state index in [0.717, 1.165) is 12.0 Å². The molecule has 106 valence electrons. The van der Waals surface area contributed by atoms with E-state index in [9.17, 15) is 8.42 Å². The summed E-state index contributed by atoms with van der Waals surface area (Å²) in [7, 11) is -3.49. The molecule has 0 N–H and O–H groups in total. The van der Waals surface area contributed by atoms with E-state index in [1.54, 1.807) is 12.1 Å². The quantitative estimate of drug-likeness (QED) is 0.581. The Morgan fingerprint density at radius 2 is 1.35 bits per heavy atom. The molecular formula is C16H18O3S. The number of aryl methyl sites for hydroxylation is 1. The summed E-state index contributed by atoms with van der Waals surface area (Å²) < 4.78 is 28.6. The van der Waals surface area contributed by atoms with Gasteiger partial charge in [0.05, 0.1) is 6.61 Å². The highest BCUT2D eigenvalue weighted by Gasteiger charge is 2.11. The lowest BCUT2D eigenvalue weighted by atomic mass is 10.1. The lowest BCUT2D eigenvalue weighted by Crippen LogP contribution is -2.10. The van der Waals surface area contributed by atoms with Gasteiger partial charge in [-0.2, -0.15) is 8.42 Å². The van der Waals surface area contributed by atoms with Crippen molar-refractivity contribution in [1.82, 2.24) is 0 Å². The summed E-state index contributed by atoms with van der Waals surface area (Å²) in [6.45, 7) is 0.226. The SMILES string of the molecule is O=S(=O)(Cc1ccccc1)OCCCc1ccccc1. The summed E-state index contributed by atoms with van der Waals surface area (Å²) in [6.07, 6.45) is 1.51. The van der Waals surface area contributed by atoms with Gasteiger partial charge in [0, 0.05) is 0 Å². The third-order valence-electron chi connectivity index (χ3n) is 2.90. The Morgan fingerprint density at radius 1 is 0.800 bits per heavy atom. The summed E-state index contributed by atoms with van der Waals surface area (Å²) in [6, 6.07) is 19.0. The molecule has 0 radical (unpaired) electrons. The van der Waals surface area contributed by atoms with Crippen LogP contribution in [0.2, 0.25) is 0 Å². The molecule has 0 unspecified atom stereocenters. The Labute approximate surface area is 120 Å². The Balaban J connectivity index is 1.76. The Bertz CT molecular complexity index is 607. The first-order valence-electron chi connectivity index (χ1n) is 6.61. The molecule has 0 spiro atoms. The lowest BCUT2D eigenvalue weighted by molar-refractivity contribution is 0.311. The molecule has 0 aliphatic carbocycles. The van der Waals surface area contributed by atoms with Crippen LogP contribution in [0.25, 0.3) is 0 Å². The van der Waals surface area contributed by atoms with Crippen LogP contribution in [0.3, 0.4) is 0 Å². The first-order chi connectivity index (χ1) is 9.66. The molecule has 0 aromatic heterocycles. The van der Waals surface area contributed by atoms with Gasteiger partial charge in [0.1, 0.15) is 5.75 Å². The fourth-order valence-corrected chi connectivity index (χ4v) is 2.98. The molecule has 0 aliphatic rings. The van der Waals surface area contributed by atoms with Gasteiger partial charge in [-0.3, -0.25) is 4.18 Å². The van der Waals surface area contributed by atoms with Crippen LogP contribution in [0, 0.1) is 0 Å². The van der Waals surface area contributed by atoms with Gasteiger partial charge in [0.2, 0.25) is 0 Å². The monoisotopic (exact) mass is 290 g/mol. The largest absolute Gasteiger partial charge is 0.271 e. The van der Waals surface area contributed by atoms with Crippen molar-refractivity contribution in [2.24, 2.45) is 0 Å². The molecule has 2 rings (SSSR count). The van der Waals surface area contributed by atoms with Crippen LogP contribution in [0.15, 0.2) is 60.7 Å². The second-order valence-electron chi connectivity index (χ2n) is 4.60. The fraction of sp³-hybridized carbons (Fsp3) is 0.250. The van der Waals surface area contributed by atoms with Gasteiger partial charge < -0.3 is 0 Å². The standard InChI is InChI=1S/C16H18O3S/c17-20(18,14-16-10-5-2-6-11-16)19-13-7-12-15-8-3-1-4-9-15/h1-6,8-11H,7,12-14H2. The van der Waals surface area contributed by atoms with E-state index in [4.69, 9.17) is 4.18 Å². The van der Waals surface area contributed by atoms with E-state index in [2.05, 4.69) is 0 Å². The minimum atomic E-state index is -3.49. The molecular weight excluding hydrogens is 272 g/mol. The molecule has 3 nitrogen and oxygen atoms in total. The van der Waals surface area contributed by atoms with Gasteiger partial charge >= 0.3 is 0 Å². The normalized spacial score (nSPS) is 11.4. The summed E-state index contributed by atoms with van der Waals surface area (Å²) in [5.41, 5.74) is 1.94. The van der Waals surface area contributed by atoms with E-state index in [0.29, 0.717) is 6.42 Å². The maximum atomic E-state index is 11.8. The average Bonchev–Trinajstić information content (AvgIpc) is 2.45. The van der Waals surface area contributed by atoms with Crippen LogP contribution in [-0.4, -0.2) is 15.0 Å². The molecule has 2 aromatic rings. The van der Waals surface area contributed by atoms with Crippen molar-refractivity contribution in [3.63, 3.8) is 0 Å². The van der Waals surface area contributed by atoms with Crippen molar-refractivity contribution >= 4 is 10.1 Å². The van der Waals surface area contributed by atoms with Gasteiger partial charge in [-0.15, -0.1) is 0 Å². The first-order valence-corrected chi connectivity index (χ1v) is 8.18. The van der Waals surface area contributed by atoms with Crippen molar-refractivity contribution in [2.45, 2.75) is 18.6 Å². The summed E-state index contributed by atoms with van der Waals surface area (Å²) in [4.78, 5) is 0. The van der Waals surface area contributed by atoms with E-state index in [-0.39, 0.29) is 12.4 Å². The van der Waals surface area contributed by atoms with Crippen molar-refractivity contribution in [2.75, 3.05) is 6.61 Å². The van der Waals surface area contributed by atoms with E-state index in [1.807, 2.05) is 48.5 Å². The third-order valence-corrected chi connectivity index (χ3v) is 4.11. The minimum absolute atomic E-state index is 0.0703. The van der Waals surface area contributed by atoms with E-state index >= 15 is 0 Å². The van der Waals surface area contributed by atoms with Crippen LogP contribution in [0.5, 0.6) is 0 Å². The number of hydrogen-bond acceptors (Lipinski definition) is 3. The molecule has 4 heteroatoms. The number of hydrogen-bond donors (Lipinski definition) is 0. The van der Waals surface area contributed by atoms with Crippen LogP contribution < -0.4 is 0 Å². The third kappa shape index (κ3) is 5.15. The molecule has 0 bridgehead atoms. The van der Waals surface area contributed by atoms with Gasteiger partial charge in [0.15, 0.2) is 0 Å². The van der Waals surface area contributed by atoms with E-state index in [1.165, 1.54) is 5.56 Å². The molecule has 0 amide bonds. The van der Waals surface area contributed by atoms with Gasteiger partial charge in [-0.25, -0.2) is 0 Å². The van der Waals surface area contributed by atoms with Crippen molar-refractivity contribution in [3.05, 3.63) is 71.8 Å². The number of rotatable bonds is 7. The topological polar surface area (TPSA) is 43.4 Å². The first kappa shape index (κ1) is 14.8. The number of benzene rings is 2. The van der Waals surface area contributed by atoms with Gasteiger partial charge in [-0.05, 0) is 24.0 Å². The molecule has 0 fully saturated rings. The summed E-state index contributed by atoms with van der Waals surface area (Å²) in [5.74, 6) is -0.0703. The Morgan fingerprint density at radius 3 is 1.95 bits per heavy atom. The van der Waals surface area contributed by atoms with Gasteiger partial charge in [0.25, 0.3) is 10.1 Å². The fourth-order valence-electron chi connectivity index (χ4n) is 1.93. The van der Waals surface area contributed by atoms with Crippen molar-refractivity contribution in [1.29, 1.82) is 0 Å². The highest BCUT2D eigenvalue weighted by molar-refractivity contribution is 7.85. The zero-order valence-electron chi connectivity index (χ0n) is 11.2. The highest BCUT2D eigenvalue weighted by Crippen LogP contribution is 2.09. The van der Waals surface area contributed by atoms with Gasteiger partial charge in [-0.1, -0.05) is 60.7 Å². The molecule has 20 heavy (non-hydrogen) atoms. The van der Waals surface area contributed by atoms with E-state index < -0.39 is 10.1 Å². The van der Waals surface area contributed by atoms with Crippen LogP contribution in [0.4, 0.5) is 0 Å². The molecule has 0 atom stereocenters. The Kier molecular flexibility index (Phi) is 5.32. The van der Waals surface area contributed by atoms with Crippen LogP contribution >= 0.6 is 0 Å². The summed E-state index contributed by atoms with van der Waals surface area (Å²) >= 11 is 0. The maximum absolute atomic E-state index is 11.8. The lowest BCUT2D eigenvalue weighted by Gasteiger charge is -2.06. The second kappa shape index (κ2) is 7.22. The maximum Gasteiger partial charge on any atom is 0.271 e. The minimum Gasteiger partial charge on any atom is -0.270 e. The highest BCUT2D eigenvalue weighted by atomic mass is 32.2. The zero-order chi connectivity index (χ0) is 14.3. The molecule has 0 aliphatic heterocycles.